The topological polar surface area (TPSA) is 61.4 Å². The van der Waals surface area contributed by atoms with E-state index in [-0.39, 0.29) is 6.04 Å². The van der Waals surface area contributed by atoms with Gasteiger partial charge in [-0.3, -0.25) is 9.59 Å². The van der Waals surface area contributed by atoms with Gasteiger partial charge in [0.2, 0.25) is 0 Å². The fourth-order valence-corrected chi connectivity index (χ4v) is 1.42. The maximum atomic E-state index is 11.3. The number of likely N-dealkylation sites (N-methyl/N-ethyl adjacent to an activating group) is 1. The van der Waals surface area contributed by atoms with Gasteiger partial charge in [0.15, 0.2) is 0 Å². The number of amides is 2. The highest BCUT2D eigenvalue weighted by Gasteiger charge is 2.20. The van der Waals surface area contributed by atoms with Crippen molar-refractivity contribution in [3.8, 4) is 0 Å². The first-order chi connectivity index (χ1) is 6.61. The molecule has 1 rings (SSSR count). The van der Waals surface area contributed by atoms with Gasteiger partial charge in [-0.15, -0.1) is 0 Å². The average Bonchev–Trinajstić information content (AvgIpc) is 2.18. The monoisotopic (exact) mass is 199 g/mol. The van der Waals surface area contributed by atoms with Crippen LogP contribution in [0.4, 0.5) is 0 Å². The van der Waals surface area contributed by atoms with Gasteiger partial charge in [-0.05, 0) is 25.9 Å². The minimum absolute atomic E-state index is 0.146. The van der Waals surface area contributed by atoms with Crippen LogP contribution in [-0.2, 0) is 9.59 Å². The van der Waals surface area contributed by atoms with Crippen LogP contribution in [0, 0.1) is 0 Å². The molecule has 0 radical (unpaired) electrons. The van der Waals surface area contributed by atoms with Crippen molar-refractivity contribution in [2.24, 2.45) is 0 Å². The number of nitrogens with one attached hydrogen (secondary N) is 2. The second-order valence-corrected chi connectivity index (χ2v) is 3.70. The minimum atomic E-state index is -0.498. The summed E-state index contributed by atoms with van der Waals surface area (Å²) in [5.41, 5.74) is 0. The maximum Gasteiger partial charge on any atom is 0.311 e. The molecule has 0 aromatic carbocycles. The molecule has 0 spiro atoms. The lowest BCUT2D eigenvalue weighted by molar-refractivity contribution is -0.144. The lowest BCUT2D eigenvalue weighted by Gasteiger charge is -2.23. The van der Waals surface area contributed by atoms with E-state index in [1.165, 1.54) is 4.90 Å². The van der Waals surface area contributed by atoms with Crippen LogP contribution >= 0.6 is 0 Å². The van der Waals surface area contributed by atoms with Crippen LogP contribution in [-0.4, -0.2) is 49.9 Å². The predicted octanol–water partition coefficient (Wildman–Crippen LogP) is -1.06. The van der Waals surface area contributed by atoms with Crippen molar-refractivity contribution in [2.75, 3.05) is 27.2 Å². The van der Waals surface area contributed by atoms with Gasteiger partial charge in [-0.25, -0.2) is 0 Å². The molecule has 0 saturated carbocycles. The Kier molecular flexibility index (Phi) is 3.88. The van der Waals surface area contributed by atoms with E-state index in [0.717, 1.165) is 25.9 Å². The van der Waals surface area contributed by atoms with E-state index in [4.69, 9.17) is 0 Å². The predicted molar refractivity (Wildman–Crippen MR) is 52.7 cm³/mol. The molecular weight excluding hydrogens is 182 g/mol. The largest absolute Gasteiger partial charge is 0.345 e. The third-order valence-corrected chi connectivity index (χ3v) is 2.27. The Labute approximate surface area is 83.8 Å². The molecule has 2 amide bonds. The van der Waals surface area contributed by atoms with Gasteiger partial charge in [0.05, 0.1) is 0 Å². The van der Waals surface area contributed by atoms with Crippen LogP contribution in [0.25, 0.3) is 0 Å². The van der Waals surface area contributed by atoms with E-state index in [9.17, 15) is 9.59 Å². The van der Waals surface area contributed by atoms with Crippen molar-refractivity contribution < 1.29 is 9.59 Å². The second-order valence-electron chi connectivity index (χ2n) is 3.70. The molecule has 1 heterocycles. The van der Waals surface area contributed by atoms with Crippen LogP contribution in [0.3, 0.4) is 0 Å². The van der Waals surface area contributed by atoms with E-state index < -0.39 is 11.8 Å². The van der Waals surface area contributed by atoms with Crippen molar-refractivity contribution in [3.05, 3.63) is 0 Å². The first kappa shape index (κ1) is 11.0. The van der Waals surface area contributed by atoms with Gasteiger partial charge < -0.3 is 15.5 Å². The Bertz CT molecular complexity index is 222. The van der Waals surface area contributed by atoms with Crippen molar-refractivity contribution >= 4 is 11.8 Å². The fourth-order valence-electron chi connectivity index (χ4n) is 1.42. The normalized spacial score (nSPS) is 17.6. The van der Waals surface area contributed by atoms with Crippen molar-refractivity contribution in [1.29, 1.82) is 0 Å². The zero-order valence-electron chi connectivity index (χ0n) is 8.67. The summed E-state index contributed by atoms with van der Waals surface area (Å²) >= 11 is 0. The number of nitrogens with zero attached hydrogens (tertiary/aromatic N) is 1. The molecule has 2 N–H and O–H groups in total. The zero-order valence-corrected chi connectivity index (χ0v) is 8.67. The molecule has 5 nitrogen and oxygen atoms in total. The minimum Gasteiger partial charge on any atom is -0.345 e. The Hall–Kier alpha value is -1.10. The molecule has 0 aliphatic carbocycles. The lowest BCUT2D eigenvalue weighted by atomic mass is 10.1. The van der Waals surface area contributed by atoms with E-state index in [2.05, 4.69) is 10.6 Å². The summed E-state index contributed by atoms with van der Waals surface area (Å²) in [6.07, 6.45) is 1.79. The van der Waals surface area contributed by atoms with Gasteiger partial charge in [0.1, 0.15) is 0 Å². The molecule has 80 valence electrons. The number of rotatable bonds is 1. The molecular formula is C9H17N3O2. The number of hydrogen-bond donors (Lipinski definition) is 2. The third kappa shape index (κ3) is 2.99. The van der Waals surface area contributed by atoms with Gasteiger partial charge >= 0.3 is 11.8 Å². The summed E-state index contributed by atoms with van der Waals surface area (Å²) in [5, 5.41) is 5.92. The SMILES string of the molecule is CN(C)C(=O)C(=O)NC1CCNCC1. The molecule has 0 unspecified atom stereocenters. The molecule has 5 heteroatoms. The van der Waals surface area contributed by atoms with Gasteiger partial charge in [0.25, 0.3) is 0 Å². The molecule has 14 heavy (non-hydrogen) atoms. The molecule has 0 aromatic heterocycles. The summed E-state index contributed by atoms with van der Waals surface area (Å²) in [5.74, 6) is -0.981. The van der Waals surface area contributed by atoms with Crippen molar-refractivity contribution in [3.63, 3.8) is 0 Å². The first-order valence-corrected chi connectivity index (χ1v) is 4.84. The van der Waals surface area contributed by atoms with Gasteiger partial charge in [-0.2, -0.15) is 0 Å². The average molecular weight is 199 g/mol. The third-order valence-electron chi connectivity index (χ3n) is 2.27. The number of piperidine rings is 1. The standard InChI is InChI=1S/C9H17N3O2/c1-12(2)9(14)8(13)11-7-3-5-10-6-4-7/h7,10H,3-6H2,1-2H3,(H,11,13). The summed E-state index contributed by atoms with van der Waals surface area (Å²) < 4.78 is 0. The summed E-state index contributed by atoms with van der Waals surface area (Å²) in [7, 11) is 3.15. The maximum absolute atomic E-state index is 11.3. The van der Waals surface area contributed by atoms with E-state index in [0.29, 0.717) is 0 Å². The van der Waals surface area contributed by atoms with Crippen molar-refractivity contribution in [2.45, 2.75) is 18.9 Å². The van der Waals surface area contributed by atoms with Gasteiger partial charge in [-0.1, -0.05) is 0 Å². The fraction of sp³-hybridized carbons (Fsp3) is 0.778. The van der Waals surface area contributed by atoms with Crippen molar-refractivity contribution in [1.82, 2.24) is 15.5 Å². The first-order valence-electron chi connectivity index (χ1n) is 4.84. The van der Waals surface area contributed by atoms with Crippen LogP contribution < -0.4 is 10.6 Å². The molecule has 1 aliphatic rings. The van der Waals surface area contributed by atoms with Crippen LogP contribution in [0.2, 0.25) is 0 Å². The van der Waals surface area contributed by atoms with E-state index in [1.807, 2.05) is 0 Å². The Balaban J connectivity index is 2.35. The molecule has 1 fully saturated rings. The molecule has 1 saturated heterocycles. The number of carbonyl (C=O) groups excluding carboxylic acids is 2. The number of carbonyl (C=O) groups is 2. The van der Waals surface area contributed by atoms with Gasteiger partial charge in [0, 0.05) is 20.1 Å². The summed E-state index contributed by atoms with van der Waals surface area (Å²) in [4.78, 5) is 23.8. The van der Waals surface area contributed by atoms with E-state index in [1.54, 1.807) is 14.1 Å². The molecule has 1 aliphatic heterocycles. The Morgan fingerprint density at radius 1 is 1.29 bits per heavy atom. The second kappa shape index (κ2) is 4.95. The molecule has 0 bridgehead atoms. The lowest BCUT2D eigenvalue weighted by Crippen LogP contribution is -2.47. The van der Waals surface area contributed by atoms with Crippen LogP contribution in [0.15, 0.2) is 0 Å². The highest BCUT2D eigenvalue weighted by Crippen LogP contribution is 2.01. The van der Waals surface area contributed by atoms with E-state index >= 15 is 0 Å². The highest BCUT2D eigenvalue weighted by molar-refractivity contribution is 6.34. The molecule has 0 aromatic rings. The van der Waals surface area contributed by atoms with Crippen LogP contribution in [0.1, 0.15) is 12.8 Å². The van der Waals surface area contributed by atoms with Crippen LogP contribution in [0.5, 0.6) is 0 Å². The molecule has 0 atom stereocenters. The summed E-state index contributed by atoms with van der Waals surface area (Å²) in [6.45, 7) is 1.81. The Morgan fingerprint density at radius 2 is 1.86 bits per heavy atom. The number of hydrogen-bond acceptors (Lipinski definition) is 3. The Morgan fingerprint density at radius 3 is 2.36 bits per heavy atom. The smallest absolute Gasteiger partial charge is 0.311 e. The highest BCUT2D eigenvalue weighted by atomic mass is 16.2. The quantitative estimate of drug-likeness (QED) is 0.529. The summed E-state index contributed by atoms with van der Waals surface area (Å²) in [6, 6.07) is 0.146. The zero-order chi connectivity index (χ0) is 10.6.